The van der Waals surface area contributed by atoms with Crippen LogP contribution in [0.15, 0.2) is 24.3 Å². The van der Waals surface area contributed by atoms with Gasteiger partial charge >= 0.3 is 5.97 Å². The molecule has 0 radical (unpaired) electrons. The van der Waals surface area contributed by atoms with E-state index < -0.39 is 36.1 Å². The highest BCUT2D eigenvalue weighted by Crippen LogP contribution is 2.23. The number of hydrogen-bond acceptors (Lipinski definition) is 6. The smallest absolute Gasteiger partial charge is 0.338 e. The standard InChI is InChI=1S/C22H26F2N4O4/c1-22(26-12-19(29)28-13-17(24)10-18(28)11-25)6-8-27(9-7-22)20(30)14-32-21(31)15-2-4-16(23)5-3-15/h2-5,17-18,26H,6-10,12-14H2,1H3/t17-,18-/m0/s1. The van der Waals surface area contributed by atoms with Crippen molar-refractivity contribution in [2.45, 2.75) is 43.9 Å². The van der Waals surface area contributed by atoms with Crippen molar-refractivity contribution in [2.75, 3.05) is 32.8 Å². The SMILES string of the molecule is CC1(NCC(=O)N2C[C@@H](F)C[C@H]2C#N)CCN(C(=O)COC(=O)c2ccc(F)cc2)CC1. The first kappa shape index (κ1) is 23.6. The predicted octanol–water partition coefficient (Wildman–Crippen LogP) is 1.42. The number of alkyl halides is 1. The Labute approximate surface area is 185 Å². The summed E-state index contributed by atoms with van der Waals surface area (Å²) < 4.78 is 31.5. The van der Waals surface area contributed by atoms with Gasteiger partial charge in [0, 0.05) is 25.0 Å². The molecule has 172 valence electrons. The Bertz CT molecular complexity index is 894. The zero-order valence-electron chi connectivity index (χ0n) is 17.9. The zero-order valence-corrected chi connectivity index (χ0v) is 17.9. The van der Waals surface area contributed by atoms with Crippen LogP contribution in [0.2, 0.25) is 0 Å². The van der Waals surface area contributed by atoms with E-state index in [-0.39, 0.29) is 36.9 Å². The number of nitriles is 1. The van der Waals surface area contributed by atoms with E-state index in [1.165, 1.54) is 17.0 Å². The van der Waals surface area contributed by atoms with Crippen molar-refractivity contribution in [3.63, 3.8) is 0 Å². The minimum atomic E-state index is -1.18. The Kier molecular flexibility index (Phi) is 7.40. The Hall–Kier alpha value is -3.06. The van der Waals surface area contributed by atoms with E-state index in [9.17, 15) is 23.2 Å². The van der Waals surface area contributed by atoms with Crippen molar-refractivity contribution in [1.82, 2.24) is 15.1 Å². The minimum Gasteiger partial charge on any atom is -0.452 e. The summed E-state index contributed by atoms with van der Waals surface area (Å²) in [5, 5.41) is 12.3. The maximum absolute atomic E-state index is 13.5. The Morgan fingerprint density at radius 3 is 2.50 bits per heavy atom. The molecule has 2 atom stereocenters. The van der Waals surface area contributed by atoms with Crippen LogP contribution in [-0.4, -0.2) is 78.1 Å². The highest BCUT2D eigenvalue weighted by atomic mass is 19.1. The molecule has 10 heteroatoms. The van der Waals surface area contributed by atoms with Gasteiger partial charge in [0.1, 0.15) is 18.0 Å². The summed E-state index contributed by atoms with van der Waals surface area (Å²) in [6, 6.07) is 6.09. The summed E-state index contributed by atoms with van der Waals surface area (Å²) >= 11 is 0. The number of carbonyl (C=O) groups is 3. The lowest BCUT2D eigenvalue weighted by Gasteiger charge is -2.40. The van der Waals surface area contributed by atoms with Gasteiger partial charge in [0.25, 0.3) is 5.91 Å². The number of rotatable bonds is 6. The zero-order chi connectivity index (χ0) is 23.3. The lowest BCUT2D eigenvalue weighted by atomic mass is 9.89. The Balaban J connectivity index is 1.42. The molecule has 2 heterocycles. The third-order valence-corrected chi connectivity index (χ3v) is 6.01. The normalized spacial score (nSPS) is 22.3. The second-order valence-corrected chi connectivity index (χ2v) is 8.40. The number of carbonyl (C=O) groups excluding carboxylic acids is 3. The van der Waals surface area contributed by atoms with Gasteiger partial charge in [-0.3, -0.25) is 9.59 Å². The van der Waals surface area contributed by atoms with E-state index in [2.05, 4.69) is 5.32 Å². The number of esters is 1. The van der Waals surface area contributed by atoms with Gasteiger partial charge in [-0.05, 0) is 44.0 Å². The van der Waals surface area contributed by atoms with Crippen molar-refractivity contribution in [3.8, 4) is 6.07 Å². The molecule has 2 aliphatic rings. The Morgan fingerprint density at radius 1 is 1.22 bits per heavy atom. The van der Waals surface area contributed by atoms with Crippen LogP contribution in [0, 0.1) is 17.1 Å². The molecule has 2 aliphatic heterocycles. The molecule has 3 rings (SSSR count). The van der Waals surface area contributed by atoms with Gasteiger partial charge in [-0.25, -0.2) is 13.6 Å². The molecule has 2 amide bonds. The number of likely N-dealkylation sites (tertiary alicyclic amines) is 2. The fourth-order valence-corrected chi connectivity index (χ4v) is 3.89. The molecule has 0 aliphatic carbocycles. The first-order valence-electron chi connectivity index (χ1n) is 10.5. The van der Waals surface area contributed by atoms with E-state index in [0.717, 1.165) is 12.1 Å². The number of nitrogens with zero attached hydrogens (tertiary/aromatic N) is 3. The van der Waals surface area contributed by atoms with Crippen LogP contribution in [-0.2, 0) is 14.3 Å². The van der Waals surface area contributed by atoms with Crippen molar-refractivity contribution in [3.05, 3.63) is 35.6 Å². The van der Waals surface area contributed by atoms with Gasteiger partial charge in [0.2, 0.25) is 5.91 Å². The van der Waals surface area contributed by atoms with Crippen LogP contribution in [0.25, 0.3) is 0 Å². The van der Waals surface area contributed by atoms with E-state index in [1.54, 1.807) is 4.90 Å². The van der Waals surface area contributed by atoms with Crippen LogP contribution in [0.4, 0.5) is 8.78 Å². The number of hydrogen-bond donors (Lipinski definition) is 1. The van der Waals surface area contributed by atoms with Gasteiger partial charge in [0.05, 0.1) is 24.7 Å². The van der Waals surface area contributed by atoms with E-state index in [4.69, 9.17) is 10.00 Å². The molecule has 0 saturated carbocycles. The Morgan fingerprint density at radius 2 is 1.88 bits per heavy atom. The molecule has 1 N–H and O–H groups in total. The molecule has 1 aromatic rings. The van der Waals surface area contributed by atoms with E-state index >= 15 is 0 Å². The number of piperidine rings is 1. The van der Waals surface area contributed by atoms with Gasteiger partial charge in [-0.1, -0.05) is 0 Å². The second-order valence-electron chi connectivity index (χ2n) is 8.40. The molecule has 0 aromatic heterocycles. The van der Waals surface area contributed by atoms with Gasteiger partial charge < -0.3 is 19.9 Å². The first-order valence-corrected chi connectivity index (χ1v) is 10.5. The molecule has 32 heavy (non-hydrogen) atoms. The number of amides is 2. The maximum Gasteiger partial charge on any atom is 0.338 e. The number of benzene rings is 1. The van der Waals surface area contributed by atoms with Crippen molar-refractivity contribution in [1.29, 1.82) is 5.26 Å². The number of ether oxygens (including phenoxy) is 1. The van der Waals surface area contributed by atoms with Crippen LogP contribution in [0.3, 0.4) is 0 Å². The molecule has 0 spiro atoms. The van der Waals surface area contributed by atoms with Gasteiger partial charge in [-0.2, -0.15) is 5.26 Å². The second kappa shape index (κ2) is 10.0. The molecule has 1 aromatic carbocycles. The summed E-state index contributed by atoms with van der Waals surface area (Å²) in [7, 11) is 0. The molecular weight excluding hydrogens is 422 g/mol. The van der Waals surface area contributed by atoms with E-state index in [0.29, 0.717) is 25.9 Å². The van der Waals surface area contributed by atoms with Gasteiger partial charge in [-0.15, -0.1) is 0 Å². The topological polar surface area (TPSA) is 103 Å². The van der Waals surface area contributed by atoms with Crippen LogP contribution in [0.1, 0.15) is 36.5 Å². The summed E-state index contributed by atoms with van der Waals surface area (Å²) in [6.07, 6.45) is 0.0181. The minimum absolute atomic E-state index is 0.00930. The number of halogens is 2. The summed E-state index contributed by atoms with van der Waals surface area (Å²) in [5.41, 5.74) is -0.233. The third kappa shape index (κ3) is 5.79. The fraction of sp³-hybridized carbons (Fsp3) is 0.545. The first-order chi connectivity index (χ1) is 15.2. The van der Waals surface area contributed by atoms with Crippen molar-refractivity contribution < 1.29 is 27.9 Å². The largest absolute Gasteiger partial charge is 0.452 e. The number of nitrogens with one attached hydrogen (secondary N) is 1. The molecule has 8 nitrogen and oxygen atoms in total. The van der Waals surface area contributed by atoms with Crippen LogP contribution in [0.5, 0.6) is 0 Å². The highest BCUT2D eigenvalue weighted by Gasteiger charge is 2.37. The molecule has 2 fully saturated rings. The maximum atomic E-state index is 13.5. The monoisotopic (exact) mass is 448 g/mol. The molecule has 2 saturated heterocycles. The quantitative estimate of drug-likeness (QED) is 0.661. The molecule has 0 unspecified atom stereocenters. The van der Waals surface area contributed by atoms with Crippen molar-refractivity contribution >= 4 is 17.8 Å². The molecular formula is C22H26F2N4O4. The van der Waals surface area contributed by atoms with Gasteiger partial charge in [0.15, 0.2) is 6.61 Å². The fourth-order valence-electron chi connectivity index (χ4n) is 3.89. The third-order valence-electron chi connectivity index (χ3n) is 6.01. The lowest BCUT2D eigenvalue weighted by Crippen LogP contribution is -2.55. The van der Waals surface area contributed by atoms with Crippen LogP contribution >= 0.6 is 0 Å². The average Bonchev–Trinajstić information content (AvgIpc) is 3.17. The predicted molar refractivity (Wildman–Crippen MR) is 110 cm³/mol. The average molecular weight is 448 g/mol. The van der Waals surface area contributed by atoms with Crippen molar-refractivity contribution in [2.24, 2.45) is 0 Å². The lowest BCUT2D eigenvalue weighted by molar-refractivity contribution is -0.136. The summed E-state index contributed by atoms with van der Waals surface area (Å²) in [6.45, 7) is 2.30. The van der Waals surface area contributed by atoms with E-state index in [1.807, 2.05) is 13.0 Å². The highest BCUT2D eigenvalue weighted by molar-refractivity contribution is 5.91. The van der Waals surface area contributed by atoms with Crippen LogP contribution < -0.4 is 5.32 Å². The summed E-state index contributed by atoms with van der Waals surface area (Å²) in [4.78, 5) is 39.6. The molecule has 0 bridgehead atoms. The summed E-state index contributed by atoms with van der Waals surface area (Å²) in [5.74, 6) is -1.82.